The van der Waals surface area contributed by atoms with Gasteiger partial charge >= 0.3 is 0 Å². The van der Waals surface area contributed by atoms with Crippen molar-refractivity contribution in [3.05, 3.63) is 79.9 Å². The molecule has 29 heavy (non-hydrogen) atoms. The number of nitrogens with zero attached hydrogens (tertiary/aromatic N) is 1. The SMILES string of the molecule is Nc1c(C(=O)c2ccccc2)sc2nc3c(c(-c4ccccc4I)c12)CCCC3. The fraction of sp³-hybridized carbons (Fsp3) is 0.167. The topological polar surface area (TPSA) is 56.0 Å². The number of thiophene rings is 1. The maximum Gasteiger partial charge on any atom is 0.205 e. The molecular formula is C24H19IN2OS. The highest BCUT2D eigenvalue weighted by molar-refractivity contribution is 14.1. The smallest absolute Gasteiger partial charge is 0.205 e. The van der Waals surface area contributed by atoms with Crippen molar-refractivity contribution in [1.82, 2.24) is 4.98 Å². The van der Waals surface area contributed by atoms with Crippen LogP contribution in [0.4, 0.5) is 5.69 Å². The third kappa shape index (κ3) is 3.16. The van der Waals surface area contributed by atoms with Gasteiger partial charge in [-0.05, 0) is 65.5 Å². The van der Waals surface area contributed by atoms with Gasteiger partial charge in [0.1, 0.15) is 9.71 Å². The number of anilines is 1. The van der Waals surface area contributed by atoms with E-state index >= 15 is 0 Å². The van der Waals surface area contributed by atoms with Gasteiger partial charge in [0.2, 0.25) is 5.78 Å². The highest BCUT2D eigenvalue weighted by Crippen LogP contribution is 2.45. The maximum atomic E-state index is 13.2. The van der Waals surface area contributed by atoms with E-state index in [9.17, 15) is 4.79 Å². The van der Waals surface area contributed by atoms with Gasteiger partial charge in [-0.1, -0.05) is 48.5 Å². The molecule has 0 atom stereocenters. The van der Waals surface area contributed by atoms with Crippen LogP contribution < -0.4 is 5.73 Å². The van der Waals surface area contributed by atoms with Crippen LogP contribution in [0.1, 0.15) is 39.3 Å². The number of ketones is 1. The Kier molecular flexibility index (Phi) is 4.87. The number of aromatic nitrogens is 1. The van der Waals surface area contributed by atoms with Crippen molar-refractivity contribution in [3.63, 3.8) is 0 Å². The number of nitrogen functional groups attached to an aromatic ring is 1. The molecule has 2 aromatic heterocycles. The van der Waals surface area contributed by atoms with E-state index in [1.165, 1.54) is 37.3 Å². The first-order valence-corrected chi connectivity index (χ1v) is 11.6. The Morgan fingerprint density at radius 1 is 1.00 bits per heavy atom. The van der Waals surface area contributed by atoms with E-state index in [4.69, 9.17) is 10.7 Å². The molecule has 2 heterocycles. The Morgan fingerprint density at radius 2 is 1.72 bits per heavy atom. The monoisotopic (exact) mass is 510 g/mol. The number of carbonyl (C=O) groups excluding carboxylic acids is 1. The van der Waals surface area contributed by atoms with Gasteiger partial charge in [0.05, 0.1) is 5.69 Å². The van der Waals surface area contributed by atoms with Crippen molar-refractivity contribution in [1.29, 1.82) is 0 Å². The lowest BCUT2D eigenvalue weighted by molar-refractivity contribution is 0.104. The Labute approximate surface area is 187 Å². The van der Waals surface area contributed by atoms with Gasteiger partial charge < -0.3 is 5.73 Å². The average molecular weight is 510 g/mol. The zero-order chi connectivity index (χ0) is 20.0. The van der Waals surface area contributed by atoms with E-state index in [0.29, 0.717) is 16.1 Å². The van der Waals surface area contributed by atoms with Crippen molar-refractivity contribution in [2.75, 3.05) is 5.73 Å². The molecule has 0 aliphatic heterocycles. The number of benzene rings is 2. The number of aryl methyl sites for hydroxylation is 1. The number of pyridine rings is 1. The van der Waals surface area contributed by atoms with Crippen LogP contribution in [0.25, 0.3) is 21.3 Å². The van der Waals surface area contributed by atoms with Crippen LogP contribution in [0.5, 0.6) is 0 Å². The van der Waals surface area contributed by atoms with Crippen molar-refractivity contribution in [3.8, 4) is 11.1 Å². The lowest BCUT2D eigenvalue weighted by Gasteiger charge is -2.20. The molecule has 144 valence electrons. The van der Waals surface area contributed by atoms with Crippen LogP contribution in [-0.4, -0.2) is 10.8 Å². The lowest BCUT2D eigenvalue weighted by atomic mass is 9.87. The fourth-order valence-electron chi connectivity index (χ4n) is 4.16. The first-order chi connectivity index (χ1) is 14.1. The number of nitrogens with two attached hydrogens (primary N) is 1. The maximum absolute atomic E-state index is 13.2. The van der Waals surface area contributed by atoms with Crippen molar-refractivity contribution < 1.29 is 4.79 Å². The molecule has 4 aromatic rings. The Bertz CT molecular complexity index is 1250. The summed E-state index contributed by atoms with van der Waals surface area (Å²) in [7, 11) is 0. The predicted octanol–water partition coefficient (Wildman–Crippen LogP) is 6.26. The molecule has 0 saturated carbocycles. The molecule has 0 amide bonds. The second kappa shape index (κ2) is 7.54. The molecule has 0 unspecified atom stereocenters. The van der Waals surface area contributed by atoms with Crippen LogP contribution in [0.2, 0.25) is 0 Å². The van der Waals surface area contributed by atoms with Crippen LogP contribution in [0.3, 0.4) is 0 Å². The van der Waals surface area contributed by atoms with Crippen LogP contribution in [0, 0.1) is 3.57 Å². The van der Waals surface area contributed by atoms with Crippen LogP contribution in [0.15, 0.2) is 54.6 Å². The quantitative estimate of drug-likeness (QED) is 0.262. The molecule has 1 aliphatic carbocycles. The van der Waals surface area contributed by atoms with Gasteiger partial charge in [0.15, 0.2) is 0 Å². The summed E-state index contributed by atoms with van der Waals surface area (Å²) in [5.74, 6) is -0.0298. The summed E-state index contributed by atoms with van der Waals surface area (Å²) >= 11 is 3.81. The molecular weight excluding hydrogens is 491 g/mol. The summed E-state index contributed by atoms with van der Waals surface area (Å²) in [5.41, 5.74) is 12.7. The highest BCUT2D eigenvalue weighted by atomic mass is 127. The highest BCUT2D eigenvalue weighted by Gasteiger charge is 2.26. The minimum Gasteiger partial charge on any atom is -0.397 e. The first-order valence-electron chi connectivity index (χ1n) is 9.73. The predicted molar refractivity (Wildman–Crippen MR) is 129 cm³/mol. The number of carbonyl (C=O) groups is 1. The molecule has 5 rings (SSSR count). The summed E-state index contributed by atoms with van der Waals surface area (Å²) in [5, 5.41) is 0.944. The zero-order valence-electron chi connectivity index (χ0n) is 15.7. The lowest BCUT2D eigenvalue weighted by Crippen LogP contribution is -2.08. The molecule has 0 fully saturated rings. The van der Waals surface area contributed by atoms with Crippen LogP contribution in [-0.2, 0) is 12.8 Å². The largest absolute Gasteiger partial charge is 0.397 e. The first kappa shape index (κ1) is 18.8. The van der Waals surface area contributed by atoms with E-state index in [1.807, 2.05) is 30.3 Å². The Hall–Kier alpha value is -2.25. The molecule has 0 bridgehead atoms. The van der Waals surface area contributed by atoms with Gasteiger partial charge in [0, 0.05) is 25.8 Å². The summed E-state index contributed by atoms with van der Waals surface area (Å²) in [4.78, 5) is 19.6. The third-order valence-corrected chi connectivity index (χ3v) is 7.58. The normalized spacial score (nSPS) is 13.4. The van der Waals surface area contributed by atoms with E-state index in [2.05, 4.69) is 46.9 Å². The molecule has 3 nitrogen and oxygen atoms in total. The van der Waals surface area contributed by atoms with E-state index < -0.39 is 0 Å². The van der Waals surface area contributed by atoms with E-state index in [0.717, 1.165) is 35.9 Å². The van der Waals surface area contributed by atoms with Crippen molar-refractivity contribution >= 4 is 55.6 Å². The average Bonchev–Trinajstić information content (AvgIpc) is 3.09. The number of hydrogen-bond acceptors (Lipinski definition) is 4. The van der Waals surface area contributed by atoms with Gasteiger partial charge in [-0.2, -0.15) is 0 Å². The van der Waals surface area contributed by atoms with Gasteiger partial charge in [-0.15, -0.1) is 11.3 Å². The van der Waals surface area contributed by atoms with Crippen molar-refractivity contribution in [2.24, 2.45) is 0 Å². The number of rotatable bonds is 3. The zero-order valence-corrected chi connectivity index (χ0v) is 18.7. The molecule has 2 N–H and O–H groups in total. The Morgan fingerprint density at radius 3 is 2.52 bits per heavy atom. The number of fused-ring (bicyclic) bond motifs is 2. The third-order valence-electron chi connectivity index (χ3n) is 5.54. The molecule has 2 aromatic carbocycles. The van der Waals surface area contributed by atoms with Gasteiger partial charge in [0.25, 0.3) is 0 Å². The minimum absolute atomic E-state index is 0.0298. The molecule has 0 radical (unpaired) electrons. The summed E-state index contributed by atoms with van der Waals surface area (Å²) in [6, 6.07) is 17.7. The van der Waals surface area contributed by atoms with Gasteiger partial charge in [-0.3, -0.25) is 4.79 Å². The van der Waals surface area contributed by atoms with E-state index in [-0.39, 0.29) is 5.78 Å². The fourth-order valence-corrected chi connectivity index (χ4v) is 5.90. The second-order valence-corrected chi connectivity index (χ2v) is 9.48. The summed E-state index contributed by atoms with van der Waals surface area (Å²) < 4.78 is 1.19. The minimum atomic E-state index is -0.0298. The second-order valence-electron chi connectivity index (χ2n) is 7.32. The number of hydrogen-bond donors (Lipinski definition) is 1. The van der Waals surface area contributed by atoms with E-state index in [1.54, 1.807) is 0 Å². The molecule has 0 saturated heterocycles. The number of halogens is 1. The molecule has 0 spiro atoms. The summed E-state index contributed by atoms with van der Waals surface area (Å²) in [6.07, 6.45) is 4.32. The molecule has 5 heteroatoms. The van der Waals surface area contributed by atoms with Crippen LogP contribution >= 0.6 is 33.9 Å². The molecule has 1 aliphatic rings. The van der Waals surface area contributed by atoms with Crippen molar-refractivity contribution in [2.45, 2.75) is 25.7 Å². The summed E-state index contributed by atoms with van der Waals surface area (Å²) in [6.45, 7) is 0. The van der Waals surface area contributed by atoms with Gasteiger partial charge in [-0.25, -0.2) is 4.98 Å². The Balaban J connectivity index is 1.82. The standard InChI is InChI=1S/C24H19IN2OS/c25-17-12-6-4-10-15(17)19-16-11-5-7-13-18(16)27-24-20(19)21(26)23(29-24)22(28)14-8-2-1-3-9-14/h1-4,6,8-10,12H,5,7,11,13,26H2.